The zero-order valence-electron chi connectivity index (χ0n) is 11.1. The molecule has 0 aliphatic carbocycles. The Morgan fingerprint density at radius 1 is 1.47 bits per heavy atom. The van der Waals surface area contributed by atoms with Crippen molar-refractivity contribution in [3.05, 3.63) is 27.3 Å². The summed E-state index contributed by atoms with van der Waals surface area (Å²) in [5.74, 6) is -1.00. The number of carbonyl (C=O) groups excluding carboxylic acids is 1. The van der Waals surface area contributed by atoms with E-state index in [0.29, 0.717) is 12.1 Å². The van der Waals surface area contributed by atoms with E-state index in [2.05, 4.69) is 27.9 Å². The van der Waals surface area contributed by atoms with Crippen molar-refractivity contribution in [1.29, 1.82) is 0 Å². The van der Waals surface area contributed by atoms with Crippen LogP contribution in [0.15, 0.2) is 18.2 Å². The molecule has 2 N–H and O–H groups in total. The fraction of sp³-hybridized carbons (Fsp3) is 0.385. The number of nitrogens with zero attached hydrogens (tertiary/aromatic N) is 1. The van der Waals surface area contributed by atoms with E-state index in [4.69, 9.17) is 5.11 Å². The van der Waals surface area contributed by atoms with E-state index in [1.807, 2.05) is 19.1 Å². The summed E-state index contributed by atoms with van der Waals surface area (Å²) in [5, 5.41) is 11.7. The van der Waals surface area contributed by atoms with Gasteiger partial charge < -0.3 is 15.3 Å². The summed E-state index contributed by atoms with van der Waals surface area (Å²) in [6.45, 7) is 3.72. The number of amides is 2. The smallest absolute Gasteiger partial charge is 0.326 e. The molecule has 1 rings (SSSR count). The molecule has 0 heterocycles. The number of anilines is 1. The molecule has 19 heavy (non-hydrogen) atoms. The number of likely N-dealkylation sites (N-methyl/N-ethyl adjacent to an activating group) is 1. The van der Waals surface area contributed by atoms with E-state index < -0.39 is 18.0 Å². The average molecular weight is 376 g/mol. The van der Waals surface area contributed by atoms with Crippen LogP contribution in [0, 0.1) is 10.5 Å². The maximum atomic E-state index is 12.0. The SMILES string of the molecule is CCC(C(=O)O)N(C)C(=O)Nc1ccc(C)c(I)c1. The molecule has 104 valence electrons. The van der Waals surface area contributed by atoms with Crippen molar-refractivity contribution in [2.75, 3.05) is 12.4 Å². The van der Waals surface area contributed by atoms with E-state index in [0.717, 1.165) is 9.13 Å². The molecule has 1 atom stereocenters. The molecule has 0 aliphatic heterocycles. The molecular weight excluding hydrogens is 359 g/mol. The molecule has 0 spiro atoms. The number of hydrogen-bond donors (Lipinski definition) is 2. The lowest BCUT2D eigenvalue weighted by Crippen LogP contribution is -2.44. The molecule has 2 amide bonds. The summed E-state index contributed by atoms with van der Waals surface area (Å²) in [6.07, 6.45) is 0.366. The van der Waals surface area contributed by atoms with Crippen LogP contribution in [0.1, 0.15) is 18.9 Å². The highest BCUT2D eigenvalue weighted by atomic mass is 127. The maximum absolute atomic E-state index is 12.0. The van der Waals surface area contributed by atoms with Gasteiger partial charge in [-0.1, -0.05) is 13.0 Å². The summed E-state index contributed by atoms with van der Waals surface area (Å²) in [6, 6.07) is 4.32. The molecule has 1 aromatic rings. The number of carbonyl (C=O) groups is 2. The van der Waals surface area contributed by atoms with E-state index >= 15 is 0 Å². The quantitative estimate of drug-likeness (QED) is 0.794. The van der Waals surface area contributed by atoms with Gasteiger partial charge in [-0.25, -0.2) is 9.59 Å². The minimum Gasteiger partial charge on any atom is -0.480 e. The average Bonchev–Trinajstić information content (AvgIpc) is 2.34. The van der Waals surface area contributed by atoms with Crippen LogP contribution in [0.25, 0.3) is 0 Å². The number of urea groups is 1. The molecule has 0 radical (unpaired) electrons. The zero-order valence-corrected chi connectivity index (χ0v) is 13.3. The fourth-order valence-corrected chi connectivity index (χ4v) is 2.15. The Morgan fingerprint density at radius 3 is 2.58 bits per heavy atom. The summed E-state index contributed by atoms with van der Waals surface area (Å²) in [5.41, 5.74) is 1.79. The molecule has 6 heteroatoms. The molecule has 0 aliphatic rings. The lowest BCUT2D eigenvalue weighted by atomic mass is 10.2. The second-order valence-electron chi connectivity index (χ2n) is 4.27. The number of carboxylic acids is 1. The van der Waals surface area contributed by atoms with Crippen molar-refractivity contribution in [2.45, 2.75) is 26.3 Å². The number of hydrogen-bond acceptors (Lipinski definition) is 2. The largest absolute Gasteiger partial charge is 0.480 e. The molecule has 0 bridgehead atoms. The maximum Gasteiger partial charge on any atom is 0.326 e. The van der Waals surface area contributed by atoms with Gasteiger partial charge >= 0.3 is 12.0 Å². The normalized spacial score (nSPS) is 11.8. The third-order valence-electron chi connectivity index (χ3n) is 2.88. The first-order chi connectivity index (χ1) is 8.86. The van der Waals surface area contributed by atoms with Gasteiger partial charge in [-0.3, -0.25) is 0 Å². The standard InChI is InChI=1S/C13H17IN2O3/c1-4-11(12(17)18)16(3)13(19)15-9-6-5-8(2)10(14)7-9/h5-7,11H,4H2,1-3H3,(H,15,19)(H,17,18). The number of aryl methyl sites for hydroxylation is 1. The van der Waals surface area contributed by atoms with Gasteiger partial charge in [0.05, 0.1) is 0 Å². The Morgan fingerprint density at radius 2 is 2.11 bits per heavy atom. The predicted octanol–water partition coefficient (Wildman–Crippen LogP) is 2.93. The first-order valence-electron chi connectivity index (χ1n) is 5.89. The molecule has 0 saturated carbocycles. The molecule has 5 nitrogen and oxygen atoms in total. The van der Waals surface area contributed by atoms with E-state index in [1.165, 1.54) is 11.9 Å². The van der Waals surface area contributed by atoms with Crippen LogP contribution in [0.4, 0.5) is 10.5 Å². The van der Waals surface area contributed by atoms with E-state index in [-0.39, 0.29) is 0 Å². The van der Waals surface area contributed by atoms with Gasteiger partial charge in [0.2, 0.25) is 0 Å². The van der Waals surface area contributed by atoms with Crippen LogP contribution in [0.5, 0.6) is 0 Å². The number of nitrogens with one attached hydrogen (secondary N) is 1. The summed E-state index contributed by atoms with van der Waals surface area (Å²) in [4.78, 5) is 24.2. The van der Waals surface area contributed by atoms with Gasteiger partial charge in [0.1, 0.15) is 6.04 Å². The van der Waals surface area contributed by atoms with E-state index in [1.54, 1.807) is 13.0 Å². The highest BCUT2D eigenvalue weighted by molar-refractivity contribution is 14.1. The zero-order chi connectivity index (χ0) is 14.6. The van der Waals surface area contributed by atoms with Crippen LogP contribution >= 0.6 is 22.6 Å². The van der Waals surface area contributed by atoms with Crippen LogP contribution in [0.3, 0.4) is 0 Å². The summed E-state index contributed by atoms with van der Waals surface area (Å²) in [7, 11) is 1.48. The minimum absolute atomic E-state index is 0.366. The van der Waals surface area contributed by atoms with Gasteiger partial charge in [-0.05, 0) is 53.6 Å². The molecule has 0 saturated heterocycles. The van der Waals surface area contributed by atoms with Crippen LogP contribution < -0.4 is 5.32 Å². The highest BCUT2D eigenvalue weighted by Crippen LogP contribution is 2.17. The Balaban J connectivity index is 2.78. The Labute approximate surface area is 126 Å². The third kappa shape index (κ3) is 4.09. The summed E-state index contributed by atoms with van der Waals surface area (Å²) < 4.78 is 1.04. The molecule has 1 aromatic carbocycles. The lowest BCUT2D eigenvalue weighted by Gasteiger charge is -2.24. The monoisotopic (exact) mass is 376 g/mol. The van der Waals surface area contributed by atoms with Gasteiger partial charge in [0.25, 0.3) is 0 Å². The van der Waals surface area contributed by atoms with Gasteiger partial charge in [-0.2, -0.15) is 0 Å². The molecular formula is C13H17IN2O3. The lowest BCUT2D eigenvalue weighted by molar-refractivity contribution is -0.141. The second kappa shape index (κ2) is 6.74. The third-order valence-corrected chi connectivity index (χ3v) is 4.04. The molecule has 0 aromatic heterocycles. The van der Waals surface area contributed by atoms with Crippen molar-refractivity contribution in [1.82, 2.24) is 4.90 Å². The molecule has 1 unspecified atom stereocenters. The number of benzene rings is 1. The Hall–Kier alpha value is -1.31. The van der Waals surface area contributed by atoms with E-state index in [9.17, 15) is 9.59 Å². The minimum atomic E-state index is -1.00. The number of rotatable bonds is 4. The number of halogens is 1. The molecule has 0 fully saturated rings. The first-order valence-corrected chi connectivity index (χ1v) is 6.97. The van der Waals surface area contributed by atoms with Crippen molar-refractivity contribution in [3.8, 4) is 0 Å². The van der Waals surface area contributed by atoms with Crippen molar-refractivity contribution >= 4 is 40.3 Å². The van der Waals surface area contributed by atoms with Crippen molar-refractivity contribution in [3.63, 3.8) is 0 Å². The second-order valence-corrected chi connectivity index (χ2v) is 5.43. The van der Waals surface area contributed by atoms with Crippen LogP contribution in [-0.2, 0) is 4.79 Å². The Bertz CT molecular complexity index is 491. The van der Waals surface area contributed by atoms with Gasteiger partial charge in [0.15, 0.2) is 0 Å². The van der Waals surface area contributed by atoms with Crippen molar-refractivity contribution < 1.29 is 14.7 Å². The first kappa shape index (κ1) is 15.7. The van der Waals surface area contributed by atoms with Gasteiger partial charge in [0, 0.05) is 16.3 Å². The summed E-state index contributed by atoms with van der Waals surface area (Å²) >= 11 is 2.19. The van der Waals surface area contributed by atoms with Crippen LogP contribution in [0.2, 0.25) is 0 Å². The highest BCUT2D eigenvalue weighted by Gasteiger charge is 2.24. The van der Waals surface area contributed by atoms with Crippen molar-refractivity contribution in [2.24, 2.45) is 0 Å². The predicted molar refractivity (Wildman–Crippen MR) is 82.4 cm³/mol. The number of aliphatic carboxylic acids is 1. The topological polar surface area (TPSA) is 69.6 Å². The van der Waals surface area contributed by atoms with Crippen LogP contribution in [-0.4, -0.2) is 35.1 Å². The van der Waals surface area contributed by atoms with Gasteiger partial charge in [-0.15, -0.1) is 0 Å². The Kier molecular flexibility index (Phi) is 5.59. The number of carboxylic acid groups (broad SMARTS) is 1. The fourth-order valence-electron chi connectivity index (χ4n) is 1.64.